The molecule has 0 saturated carbocycles. The molecular weight excluding hydrogens is 323 g/mol. The van der Waals surface area contributed by atoms with Crippen molar-refractivity contribution >= 4 is 44.6 Å². The van der Waals surface area contributed by atoms with Crippen LogP contribution in [0.2, 0.25) is 10.0 Å². The summed E-state index contributed by atoms with van der Waals surface area (Å²) < 4.78 is 22.6. The van der Waals surface area contributed by atoms with Gasteiger partial charge in [0.15, 0.2) is 9.84 Å². The number of sulfone groups is 1. The Bertz CT molecular complexity index is 619. The van der Waals surface area contributed by atoms with Gasteiger partial charge in [-0.25, -0.2) is 8.42 Å². The highest BCUT2D eigenvalue weighted by Gasteiger charge is 2.27. The zero-order valence-electron chi connectivity index (χ0n) is 10.5. The van der Waals surface area contributed by atoms with Crippen LogP contribution in [0.4, 0.5) is 5.69 Å². The second-order valence-electron chi connectivity index (χ2n) is 4.63. The highest BCUT2D eigenvalue weighted by Crippen LogP contribution is 2.29. The van der Waals surface area contributed by atoms with Crippen LogP contribution in [0, 0.1) is 0 Å². The van der Waals surface area contributed by atoms with Gasteiger partial charge < -0.3 is 10.6 Å². The molecular formula is C12H14Cl2N2O3S. The van der Waals surface area contributed by atoms with E-state index in [9.17, 15) is 13.2 Å². The zero-order chi connectivity index (χ0) is 14.8. The van der Waals surface area contributed by atoms with E-state index < -0.39 is 9.84 Å². The van der Waals surface area contributed by atoms with Gasteiger partial charge in [-0.05, 0) is 18.6 Å². The van der Waals surface area contributed by atoms with E-state index in [1.807, 2.05) is 0 Å². The molecule has 20 heavy (non-hydrogen) atoms. The first kappa shape index (κ1) is 15.6. The highest BCUT2D eigenvalue weighted by molar-refractivity contribution is 7.91. The largest absolute Gasteiger partial charge is 0.324 e. The molecule has 1 atom stereocenters. The summed E-state index contributed by atoms with van der Waals surface area (Å²) in [5.74, 6) is -0.0385. The number of carbonyl (C=O) groups is 1. The number of benzene rings is 1. The molecule has 0 radical (unpaired) electrons. The Hall–Kier alpha value is -0.820. The van der Waals surface area contributed by atoms with Crippen molar-refractivity contribution in [3.05, 3.63) is 28.2 Å². The fourth-order valence-electron chi connectivity index (χ4n) is 1.99. The molecule has 0 aliphatic carbocycles. The van der Waals surface area contributed by atoms with Crippen LogP contribution in [-0.2, 0) is 14.6 Å². The average molecular weight is 337 g/mol. The predicted octanol–water partition coefficient (Wildman–Crippen LogP) is 1.71. The Kier molecular flexibility index (Phi) is 4.90. The molecule has 1 aromatic rings. The molecule has 5 nitrogen and oxygen atoms in total. The third kappa shape index (κ3) is 4.09. The number of hydrogen-bond donors (Lipinski definition) is 2. The molecule has 0 aromatic heterocycles. The van der Waals surface area contributed by atoms with Gasteiger partial charge in [0.1, 0.15) is 0 Å². The summed E-state index contributed by atoms with van der Waals surface area (Å²) in [7, 11) is -2.95. The highest BCUT2D eigenvalue weighted by atomic mass is 35.5. The summed E-state index contributed by atoms with van der Waals surface area (Å²) >= 11 is 11.8. The predicted molar refractivity (Wildman–Crippen MR) is 80.2 cm³/mol. The van der Waals surface area contributed by atoms with E-state index in [4.69, 9.17) is 23.2 Å². The van der Waals surface area contributed by atoms with Crippen LogP contribution >= 0.6 is 23.2 Å². The van der Waals surface area contributed by atoms with Gasteiger partial charge in [-0.15, -0.1) is 0 Å². The molecule has 1 fully saturated rings. The summed E-state index contributed by atoms with van der Waals surface area (Å²) in [5, 5.41) is 6.20. The standard InChI is InChI=1S/C12H14Cl2N2O3S/c13-9-2-1-3-10(12(9)14)16-11(17)6-15-8-4-5-20(18,19)7-8/h1-3,8,15H,4-7H2,(H,16,17). The summed E-state index contributed by atoms with van der Waals surface area (Å²) in [6.45, 7) is 0.0308. The first-order valence-corrected chi connectivity index (χ1v) is 8.63. The topological polar surface area (TPSA) is 75.3 Å². The van der Waals surface area contributed by atoms with Crippen molar-refractivity contribution in [2.24, 2.45) is 0 Å². The molecule has 1 aliphatic heterocycles. The summed E-state index contributed by atoms with van der Waals surface area (Å²) in [6, 6.07) is 4.79. The van der Waals surface area contributed by atoms with Crippen molar-refractivity contribution in [3.63, 3.8) is 0 Å². The lowest BCUT2D eigenvalue weighted by atomic mass is 10.2. The van der Waals surface area contributed by atoms with Gasteiger partial charge in [-0.1, -0.05) is 29.3 Å². The Morgan fingerprint density at radius 3 is 2.75 bits per heavy atom. The van der Waals surface area contributed by atoms with E-state index in [2.05, 4.69) is 10.6 Å². The summed E-state index contributed by atoms with van der Waals surface area (Å²) in [4.78, 5) is 11.8. The number of halogens is 2. The van der Waals surface area contributed by atoms with Gasteiger partial charge in [-0.2, -0.15) is 0 Å². The molecule has 110 valence electrons. The first-order chi connectivity index (χ1) is 9.37. The van der Waals surface area contributed by atoms with E-state index in [0.717, 1.165) is 0 Å². The van der Waals surface area contributed by atoms with E-state index in [1.54, 1.807) is 18.2 Å². The average Bonchev–Trinajstić information content (AvgIpc) is 2.72. The molecule has 1 saturated heterocycles. The molecule has 1 amide bonds. The number of hydrogen-bond acceptors (Lipinski definition) is 4. The van der Waals surface area contributed by atoms with E-state index in [-0.39, 0.29) is 35.0 Å². The fourth-order valence-corrected chi connectivity index (χ4v) is 4.04. The maximum atomic E-state index is 11.8. The Balaban J connectivity index is 1.86. The molecule has 0 spiro atoms. The third-order valence-electron chi connectivity index (χ3n) is 3.01. The quantitative estimate of drug-likeness (QED) is 0.877. The summed E-state index contributed by atoms with van der Waals surface area (Å²) in [5.41, 5.74) is 0.435. The lowest BCUT2D eigenvalue weighted by Gasteiger charge is -2.12. The van der Waals surface area contributed by atoms with Crippen LogP contribution in [0.5, 0.6) is 0 Å². The molecule has 1 heterocycles. The number of rotatable bonds is 4. The van der Waals surface area contributed by atoms with Crippen molar-refractivity contribution in [2.75, 3.05) is 23.4 Å². The molecule has 1 aliphatic rings. The van der Waals surface area contributed by atoms with Crippen molar-refractivity contribution in [1.82, 2.24) is 5.32 Å². The van der Waals surface area contributed by atoms with Crippen LogP contribution in [0.25, 0.3) is 0 Å². The van der Waals surface area contributed by atoms with Crippen LogP contribution in [0.3, 0.4) is 0 Å². The smallest absolute Gasteiger partial charge is 0.238 e. The van der Waals surface area contributed by atoms with Gasteiger partial charge >= 0.3 is 0 Å². The molecule has 0 bridgehead atoms. The maximum absolute atomic E-state index is 11.8. The molecule has 2 rings (SSSR count). The fraction of sp³-hybridized carbons (Fsp3) is 0.417. The number of carbonyl (C=O) groups excluding carboxylic acids is 1. The van der Waals surface area contributed by atoms with Gasteiger partial charge in [-0.3, -0.25) is 4.79 Å². The number of nitrogens with one attached hydrogen (secondary N) is 2. The van der Waals surface area contributed by atoms with Crippen LogP contribution < -0.4 is 10.6 Å². The van der Waals surface area contributed by atoms with Crippen molar-refractivity contribution in [3.8, 4) is 0 Å². The van der Waals surface area contributed by atoms with Crippen molar-refractivity contribution in [1.29, 1.82) is 0 Å². The van der Waals surface area contributed by atoms with Gasteiger partial charge in [0.25, 0.3) is 0 Å². The maximum Gasteiger partial charge on any atom is 0.238 e. The number of anilines is 1. The minimum absolute atomic E-state index is 0.0308. The lowest BCUT2D eigenvalue weighted by molar-refractivity contribution is -0.115. The van der Waals surface area contributed by atoms with Gasteiger partial charge in [0.05, 0.1) is 33.8 Å². The Morgan fingerprint density at radius 1 is 1.35 bits per heavy atom. The van der Waals surface area contributed by atoms with Gasteiger partial charge in [0, 0.05) is 6.04 Å². The van der Waals surface area contributed by atoms with Gasteiger partial charge in [0.2, 0.25) is 5.91 Å². The lowest BCUT2D eigenvalue weighted by Crippen LogP contribution is -2.36. The van der Waals surface area contributed by atoms with Crippen LogP contribution in [-0.4, -0.2) is 38.4 Å². The number of amides is 1. The molecule has 8 heteroatoms. The molecule has 1 aromatic carbocycles. The second kappa shape index (κ2) is 6.30. The monoisotopic (exact) mass is 336 g/mol. The zero-order valence-corrected chi connectivity index (χ0v) is 12.9. The normalized spacial score (nSPS) is 20.8. The van der Waals surface area contributed by atoms with E-state index in [1.165, 1.54) is 0 Å². The molecule has 2 N–H and O–H groups in total. The minimum atomic E-state index is -2.95. The van der Waals surface area contributed by atoms with Crippen LogP contribution in [0.15, 0.2) is 18.2 Å². The third-order valence-corrected chi connectivity index (χ3v) is 5.60. The Labute approximate surface area is 127 Å². The van der Waals surface area contributed by atoms with Crippen LogP contribution in [0.1, 0.15) is 6.42 Å². The van der Waals surface area contributed by atoms with E-state index >= 15 is 0 Å². The molecule has 1 unspecified atom stereocenters. The minimum Gasteiger partial charge on any atom is -0.324 e. The second-order valence-corrected chi connectivity index (χ2v) is 7.64. The summed E-state index contributed by atoms with van der Waals surface area (Å²) in [6.07, 6.45) is 0.535. The van der Waals surface area contributed by atoms with Crippen molar-refractivity contribution < 1.29 is 13.2 Å². The van der Waals surface area contributed by atoms with Crippen molar-refractivity contribution in [2.45, 2.75) is 12.5 Å². The first-order valence-electron chi connectivity index (χ1n) is 6.05. The van der Waals surface area contributed by atoms with E-state index in [0.29, 0.717) is 17.1 Å². The Morgan fingerprint density at radius 2 is 2.10 bits per heavy atom. The SMILES string of the molecule is O=C(CNC1CCS(=O)(=O)C1)Nc1cccc(Cl)c1Cl.